The Hall–Kier alpha value is -3.34. The second kappa shape index (κ2) is 12.0. The average molecular weight is 553 g/mol. The van der Waals surface area contributed by atoms with Crippen LogP contribution in [0.1, 0.15) is 62.0 Å². The lowest BCUT2D eigenvalue weighted by Crippen LogP contribution is -2.34. The highest BCUT2D eigenvalue weighted by molar-refractivity contribution is 7.92. The summed E-state index contributed by atoms with van der Waals surface area (Å²) in [6, 6.07) is 14.4. The molecule has 2 aromatic carbocycles. The van der Waals surface area contributed by atoms with Crippen LogP contribution >= 0.6 is 0 Å². The van der Waals surface area contributed by atoms with Crippen molar-refractivity contribution in [3.8, 4) is 0 Å². The largest absolute Gasteiger partial charge is 0.490 e. The van der Waals surface area contributed by atoms with Gasteiger partial charge in [-0.25, -0.2) is 13.2 Å². The Balaban J connectivity index is 0.000000505. The van der Waals surface area contributed by atoms with Gasteiger partial charge in [0.2, 0.25) is 5.91 Å². The molecular weight excluding hydrogens is 521 g/mol. The zero-order valence-electron chi connectivity index (χ0n) is 20.8. The van der Waals surface area contributed by atoms with Crippen LogP contribution in [0.25, 0.3) is 0 Å². The number of halogens is 3. The molecule has 2 saturated carbocycles. The van der Waals surface area contributed by atoms with Gasteiger partial charge in [-0.3, -0.25) is 9.52 Å². The third-order valence-corrected chi connectivity index (χ3v) is 8.19. The third kappa shape index (κ3) is 7.37. The van der Waals surface area contributed by atoms with Gasteiger partial charge < -0.3 is 10.4 Å². The summed E-state index contributed by atoms with van der Waals surface area (Å²) >= 11 is 0. The van der Waals surface area contributed by atoms with Crippen molar-refractivity contribution in [1.82, 2.24) is 5.32 Å². The summed E-state index contributed by atoms with van der Waals surface area (Å²) in [7, 11) is -3.66. The third-order valence-electron chi connectivity index (χ3n) is 6.79. The minimum Gasteiger partial charge on any atom is -0.475 e. The summed E-state index contributed by atoms with van der Waals surface area (Å²) < 4.78 is 60.0. The van der Waals surface area contributed by atoms with Gasteiger partial charge in [-0.15, -0.1) is 6.58 Å². The Morgan fingerprint density at radius 1 is 1.00 bits per heavy atom. The number of rotatable bonds is 8. The lowest BCUT2D eigenvalue weighted by Gasteiger charge is -2.22. The average Bonchev–Trinajstić information content (AvgIpc) is 3.70. The predicted octanol–water partition coefficient (Wildman–Crippen LogP) is 5.50. The summed E-state index contributed by atoms with van der Waals surface area (Å²) in [6.07, 6.45) is 4.34. The van der Waals surface area contributed by atoms with Crippen molar-refractivity contribution >= 4 is 27.6 Å². The number of sulfonamides is 1. The molecule has 0 heterocycles. The highest BCUT2D eigenvalue weighted by Crippen LogP contribution is 2.48. The first-order chi connectivity index (χ1) is 17.9. The number of aliphatic carboxylic acids is 1. The molecule has 2 aliphatic rings. The number of amides is 1. The smallest absolute Gasteiger partial charge is 0.475 e. The van der Waals surface area contributed by atoms with E-state index < -0.39 is 27.6 Å². The van der Waals surface area contributed by atoms with Gasteiger partial charge in [-0.05, 0) is 67.0 Å². The van der Waals surface area contributed by atoms with E-state index in [0.29, 0.717) is 18.2 Å². The molecule has 38 heavy (non-hydrogen) atoms. The van der Waals surface area contributed by atoms with Gasteiger partial charge in [0.25, 0.3) is 10.0 Å². The number of alkyl halides is 3. The molecule has 1 amide bonds. The Morgan fingerprint density at radius 2 is 1.55 bits per heavy atom. The number of hydrogen-bond donors (Lipinski definition) is 3. The van der Waals surface area contributed by atoms with Crippen LogP contribution < -0.4 is 10.0 Å². The first-order valence-electron chi connectivity index (χ1n) is 12.3. The quantitative estimate of drug-likeness (QED) is 0.374. The normalized spacial score (nSPS) is 16.9. The van der Waals surface area contributed by atoms with Crippen LogP contribution in [0.3, 0.4) is 0 Å². The van der Waals surface area contributed by atoms with Crippen LogP contribution in [-0.2, 0) is 25.0 Å². The molecule has 2 aliphatic carbocycles. The van der Waals surface area contributed by atoms with Crippen LogP contribution in [0.5, 0.6) is 0 Å². The number of nitrogens with one attached hydrogen (secondary N) is 2. The summed E-state index contributed by atoms with van der Waals surface area (Å²) in [4.78, 5) is 21.6. The Morgan fingerprint density at radius 3 is 2.03 bits per heavy atom. The minimum atomic E-state index is -5.08. The van der Waals surface area contributed by atoms with Crippen molar-refractivity contribution in [3.05, 3.63) is 72.3 Å². The van der Waals surface area contributed by atoms with E-state index in [1.54, 1.807) is 30.3 Å². The number of carboxylic acids is 1. The molecule has 0 spiro atoms. The molecule has 0 radical (unpaired) electrons. The zero-order valence-corrected chi connectivity index (χ0v) is 21.6. The van der Waals surface area contributed by atoms with Gasteiger partial charge in [-0.1, -0.05) is 49.6 Å². The van der Waals surface area contributed by atoms with E-state index in [-0.39, 0.29) is 10.8 Å². The fraction of sp³-hybridized carbons (Fsp3) is 0.407. The molecular formula is C27H31F3N2O5S. The van der Waals surface area contributed by atoms with Crippen LogP contribution in [0.4, 0.5) is 18.9 Å². The zero-order chi connectivity index (χ0) is 28.0. The van der Waals surface area contributed by atoms with Crippen LogP contribution in [0.2, 0.25) is 0 Å². The lowest BCUT2D eigenvalue weighted by atomic mass is 9.84. The Labute approximate surface area is 220 Å². The van der Waals surface area contributed by atoms with Crippen molar-refractivity contribution in [2.75, 3.05) is 11.3 Å². The molecule has 0 aliphatic heterocycles. The number of carboxylic acid groups (broad SMARTS) is 1. The van der Waals surface area contributed by atoms with Crippen molar-refractivity contribution < 1.29 is 36.3 Å². The van der Waals surface area contributed by atoms with Crippen LogP contribution in [0, 0.1) is 0 Å². The van der Waals surface area contributed by atoms with E-state index in [1.165, 1.54) is 37.7 Å². The SMILES string of the molecule is C=CCNC(=O)C1(c2ccc(NS(=O)(=O)c3ccc(C4CCCCC4)cc3)cc2)CC1.O=C(O)C(F)(F)F. The Bertz CT molecular complexity index is 1230. The van der Waals surface area contributed by atoms with E-state index in [2.05, 4.69) is 16.6 Å². The molecule has 2 fully saturated rings. The van der Waals surface area contributed by atoms with E-state index in [0.717, 1.165) is 18.4 Å². The molecule has 0 atom stereocenters. The summed E-state index contributed by atoms with van der Waals surface area (Å²) in [5.74, 6) is -2.21. The molecule has 7 nitrogen and oxygen atoms in total. The van der Waals surface area contributed by atoms with Gasteiger partial charge >= 0.3 is 12.1 Å². The van der Waals surface area contributed by atoms with Gasteiger partial charge in [0.05, 0.1) is 10.3 Å². The van der Waals surface area contributed by atoms with Gasteiger partial charge in [0.15, 0.2) is 0 Å². The van der Waals surface area contributed by atoms with Gasteiger partial charge in [0, 0.05) is 12.2 Å². The minimum absolute atomic E-state index is 0.00112. The molecule has 206 valence electrons. The lowest BCUT2D eigenvalue weighted by molar-refractivity contribution is -0.192. The number of carbonyl (C=O) groups excluding carboxylic acids is 1. The number of anilines is 1. The Kier molecular flexibility index (Phi) is 9.24. The highest BCUT2D eigenvalue weighted by Gasteiger charge is 2.51. The molecule has 2 aromatic rings. The standard InChI is InChI=1S/C25H30N2O3S.C2HF3O2/c1-2-18-26-24(28)25(16-17-25)21-10-12-22(13-11-21)27-31(29,30)23-14-8-20(9-15-23)19-6-4-3-5-7-19;3-2(4,5)1(6)7/h2,8-15,19,27H,1,3-7,16-18H2,(H,26,28);(H,6,7). The molecule has 11 heteroatoms. The monoisotopic (exact) mass is 552 g/mol. The van der Waals surface area contributed by atoms with Crippen LogP contribution in [0.15, 0.2) is 66.1 Å². The summed E-state index contributed by atoms with van der Waals surface area (Å²) in [6.45, 7) is 4.07. The highest BCUT2D eigenvalue weighted by atomic mass is 32.2. The number of benzene rings is 2. The fourth-order valence-corrected chi connectivity index (χ4v) is 5.59. The van der Waals surface area contributed by atoms with Gasteiger partial charge in [-0.2, -0.15) is 13.2 Å². The van der Waals surface area contributed by atoms with Crippen molar-refractivity contribution in [3.63, 3.8) is 0 Å². The first-order valence-corrected chi connectivity index (χ1v) is 13.8. The fourth-order valence-electron chi connectivity index (χ4n) is 4.53. The van der Waals surface area contributed by atoms with Crippen molar-refractivity contribution in [1.29, 1.82) is 0 Å². The predicted molar refractivity (Wildman–Crippen MR) is 137 cm³/mol. The van der Waals surface area contributed by atoms with Crippen LogP contribution in [-0.4, -0.2) is 38.1 Å². The number of hydrogen-bond acceptors (Lipinski definition) is 4. The summed E-state index contributed by atoms with van der Waals surface area (Å²) in [5.41, 5.74) is 2.14. The second-order valence-corrected chi connectivity index (χ2v) is 11.2. The maximum absolute atomic E-state index is 12.8. The van der Waals surface area contributed by atoms with E-state index in [1.807, 2.05) is 24.3 Å². The molecule has 0 saturated heterocycles. The van der Waals surface area contributed by atoms with E-state index in [4.69, 9.17) is 9.90 Å². The van der Waals surface area contributed by atoms with E-state index >= 15 is 0 Å². The topological polar surface area (TPSA) is 113 Å². The van der Waals surface area contributed by atoms with Crippen molar-refractivity contribution in [2.45, 2.75) is 67.4 Å². The first kappa shape index (κ1) is 29.2. The maximum Gasteiger partial charge on any atom is 0.490 e. The molecule has 0 aromatic heterocycles. The van der Waals surface area contributed by atoms with Crippen molar-refractivity contribution in [2.24, 2.45) is 0 Å². The number of carbonyl (C=O) groups is 2. The molecule has 0 unspecified atom stereocenters. The summed E-state index contributed by atoms with van der Waals surface area (Å²) in [5, 5.41) is 9.99. The molecule has 4 rings (SSSR count). The molecule has 0 bridgehead atoms. The van der Waals surface area contributed by atoms with Gasteiger partial charge in [0.1, 0.15) is 0 Å². The maximum atomic E-state index is 12.8. The second-order valence-electron chi connectivity index (χ2n) is 9.47. The van der Waals surface area contributed by atoms with E-state index in [9.17, 15) is 26.4 Å². The molecule has 3 N–H and O–H groups in total.